The van der Waals surface area contributed by atoms with Gasteiger partial charge in [-0.25, -0.2) is 0 Å². The third-order valence-corrected chi connectivity index (χ3v) is 7.68. The molecule has 0 aromatic heterocycles. The van der Waals surface area contributed by atoms with Gasteiger partial charge in [0.25, 0.3) is 0 Å². The molecular formula is C27H37F3N4O3. The summed E-state index contributed by atoms with van der Waals surface area (Å²) >= 11 is 0. The van der Waals surface area contributed by atoms with Crippen LogP contribution in [0.1, 0.15) is 29.8 Å². The van der Waals surface area contributed by atoms with E-state index in [-0.39, 0.29) is 11.7 Å². The highest BCUT2D eigenvalue weighted by molar-refractivity contribution is 5.55. The lowest BCUT2D eigenvalue weighted by Crippen LogP contribution is -2.55. The molecule has 37 heavy (non-hydrogen) atoms. The number of alkyl halides is 3. The molecule has 7 nitrogen and oxygen atoms in total. The molecule has 0 radical (unpaired) electrons. The average Bonchev–Trinajstić information content (AvgIpc) is 3.18. The van der Waals surface area contributed by atoms with Gasteiger partial charge in [0, 0.05) is 56.9 Å². The number of nitrogens with one attached hydrogen (secondary N) is 1. The largest absolute Gasteiger partial charge is 0.493 e. The van der Waals surface area contributed by atoms with Gasteiger partial charge in [0.2, 0.25) is 5.75 Å². The minimum atomic E-state index is -4.32. The SMILES string of the molecule is COc1ccc(CN2CCN(CC3(C)CNC(c4ccc(C(F)(F)F)cc4)N3C)CC2)c(OC)c1OC. The molecule has 2 aromatic carbocycles. The predicted molar refractivity (Wildman–Crippen MR) is 136 cm³/mol. The van der Waals surface area contributed by atoms with E-state index in [4.69, 9.17) is 14.2 Å². The molecule has 4 rings (SSSR count). The smallest absolute Gasteiger partial charge is 0.416 e. The van der Waals surface area contributed by atoms with Crippen molar-refractivity contribution in [2.75, 3.05) is 67.6 Å². The zero-order valence-corrected chi connectivity index (χ0v) is 22.2. The highest BCUT2D eigenvalue weighted by Gasteiger charge is 2.42. The van der Waals surface area contributed by atoms with E-state index >= 15 is 0 Å². The maximum atomic E-state index is 13.0. The van der Waals surface area contributed by atoms with Crippen molar-refractivity contribution in [3.63, 3.8) is 0 Å². The van der Waals surface area contributed by atoms with Crippen LogP contribution in [0.3, 0.4) is 0 Å². The van der Waals surface area contributed by atoms with Crippen molar-refractivity contribution in [3.8, 4) is 17.2 Å². The zero-order chi connectivity index (χ0) is 26.8. The number of benzene rings is 2. The number of nitrogens with zero attached hydrogens (tertiary/aromatic N) is 3. The second-order valence-electron chi connectivity index (χ2n) is 10.1. The van der Waals surface area contributed by atoms with Gasteiger partial charge in [0.1, 0.15) is 0 Å². The Balaban J connectivity index is 1.34. The van der Waals surface area contributed by atoms with Crippen molar-refractivity contribution in [2.24, 2.45) is 0 Å². The Morgan fingerprint density at radius 1 is 0.892 bits per heavy atom. The molecule has 0 amide bonds. The highest BCUT2D eigenvalue weighted by atomic mass is 19.4. The lowest BCUT2D eigenvalue weighted by atomic mass is 10.00. The maximum absolute atomic E-state index is 13.0. The van der Waals surface area contributed by atoms with Crippen molar-refractivity contribution in [3.05, 3.63) is 53.1 Å². The first-order chi connectivity index (χ1) is 17.6. The van der Waals surface area contributed by atoms with Gasteiger partial charge < -0.3 is 14.2 Å². The molecule has 2 aliphatic heterocycles. The molecule has 2 unspecified atom stereocenters. The van der Waals surface area contributed by atoms with Crippen LogP contribution in [-0.2, 0) is 12.7 Å². The van der Waals surface area contributed by atoms with Gasteiger partial charge >= 0.3 is 6.18 Å². The first-order valence-corrected chi connectivity index (χ1v) is 12.5. The molecule has 204 valence electrons. The van der Waals surface area contributed by atoms with Crippen LogP contribution in [0.2, 0.25) is 0 Å². The van der Waals surface area contributed by atoms with Crippen LogP contribution >= 0.6 is 0 Å². The molecule has 2 fully saturated rings. The van der Waals surface area contributed by atoms with Crippen LogP contribution in [-0.4, -0.2) is 87.9 Å². The molecule has 2 heterocycles. The normalized spacial score (nSPS) is 23.8. The van der Waals surface area contributed by atoms with Crippen LogP contribution in [0.25, 0.3) is 0 Å². The number of hydrogen-bond acceptors (Lipinski definition) is 7. The standard InChI is InChI=1S/C27H37F3N4O3/c1-26(17-31-25(32(26)2)19-6-9-21(10-7-19)27(28,29)30)18-34-14-12-33(13-15-34)16-20-8-11-22(35-3)24(37-5)23(20)36-4/h6-11,25,31H,12-18H2,1-5H3. The fraction of sp³-hybridized carbons (Fsp3) is 0.556. The highest BCUT2D eigenvalue weighted by Crippen LogP contribution is 2.40. The summed E-state index contributed by atoms with van der Waals surface area (Å²) in [6.45, 7) is 8.32. The van der Waals surface area contributed by atoms with E-state index in [1.807, 2.05) is 19.2 Å². The summed E-state index contributed by atoms with van der Waals surface area (Å²) in [4.78, 5) is 7.12. The lowest BCUT2D eigenvalue weighted by Gasteiger charge is -2.42. The molecule has 0 aliphatic carbocycles. The number of rotatable bonds is 8. The molecule has 10 heteroatoms. The van der Waals surface area contributed by atoms with Crippen molar-refractivity contribution in [1.82, 2.24) is 20.0 Å². The van der Waals surface area contributed by atoms with Gasteiger partial charge in [0.15, 0.2) is 11.5 Å². The number of ether oxygens (including phenoxy) is 3. The molecule has 0 spiro atoms. The Morgan fingerprint density at radius 3 is 2.08 bits per heavy atom. The average molecular weight is 523 g/mol. The van der Waals surface area contributed by atoms with E-state index < -0.39 is 11.7 Å². The van der Waals surface area contributed by atoms with E-state index in [2.05, 4.69) is 26.9 Å². The number of methoxy groups -OCH3 is 3. The molecule has 2 atom stereocenters. The van der Waals surface area contributed by atoms with Crippen molar-refractivity contribution < 1.29 is 27.4 Å². The van der Waals surface area contributed by atoms with E-state index in [0.717, 1.165) is 69.1 Å². The summed E-state index contributed by atoms with van der Waals surface area (Å²) in [5.74, 6) is 1.95. The van der Waals surface area contributed by atoms with Gasteiger partial charge in [-0.1, -0.05) is 18.2 Å². The number of piperazine rings is 1. The minimum absolute atomic E-state index is 0.119. The minimum Gasteiger partial charge on any atom is -0.493 e. The quantitative estimate of drug-likeness (QED) is 0.566. The molecular weight excluding hydrogens is 485 g/mol. The monoisotopic (exact) mass is 522 g/mol. The van der Waals surface area contributed by atoms with Gasteiger partial charge in [-0.2, -0.15) is 13.2 Å². The summed E-state index contributed by atoms with van der Waals surface area (Å²) in [5, 5.41) is 3.51. The van der Waals surface area contributed by atoms with Crippen molar-refractivity contribution in [1.29, 1.82) is 0 Å². The van der Waals surface area contributed by atoms with Crippen LogP contribution in [0.5, 0.6) is 17.2 Å². The zero-order valence-electron chi connectivity index (χ0n) is 22.2. The van der Waals surface area contributed by atoms with Crippen LogP contribution in [0.4, 0.5) is 13.2 Å². The first-order valence-electron chi connectivity index (χ1n) is 12.5. The second kappa shape index (κ2) is 11.1. The topological polar surface area (TPSA) is 49.4 Å². The molecule has 1 N–H and O–H groups in total. The Labute approximate surface area is 217 Å². The van der Waals surface area contributed by atoms with E-state index in [9.17, 15) is 13.2 Å². The number of halogens is 3. The molecule has 2 aliphatic rings. The van der Waals surface area contributed by atoms with Crippen LogP contribution in [0.15, 0.2) is 36.4 Å². The summed E-state index contributed by atoms with van der Waals surface area (Å²) < 4.78 is 55.4. The molecule has 0 bridgehead atoms. The van der Waals surface area contributed by atoms with Gasteiger partial charge in [-0.05, 0) is 37.7 Å². The Bertz CT molecular complexity index is 1060. The lowest BCUT2D eigenvalue weighted by molar-refractivity contribution is -0.137. The Kier molecular flexibility index (Phi) is 8.23. The molecule has 2 saturated heterocycles. The van der Waals surface area contributed by atoms with Crippen molar-refractivity contribution in [2.45, 2.75) is 31.3 Å². The van der Waals surface area contributed by atoms with Crippen LogP contribution in [0, 0.1) is 0 Å². The first kappa shape index (κ1) is 27.5. The van der Waals surface area contributed by atoms with Crippen molar-refractivity contribution >= 4 is 0 Å². The van der Waals surface area contributed by atoms with E-state index in [1.54, 1.807) is 33.5 Å². The number of hydrogen-bond donors (Lipinski definition) is 1. The second-order valence-corrected chi connectivity index (χ2v) is 10.1. The third kappa shape index (κ3) is 5.82. The molecule has 2 aromatic rings. The Hall–Kier alpha value is -2.53. The molecule has 0 saturated carbocycles. The summed E-state index contributed by atoms with van der Waals surface area (Å²) in [6.07, 6.45) is -4.44. The van der Waals surface area contributed by atoms with E-state index in [0.29, 0.717) is 17.2 Å². The van der Waals surface area contributed by atoms with E-state index in [1.165, 1.54) is 0 Å². The fourth-order valence-electron chi connectivity index (χ4n) is 5.37. The van der Waals surface area contributed by atoms with Gasteiger partial charge in [0.05, 0.1) is 33.1 Å². The Morgan fingerprint density at radius 2 is 1.51 bits per heavy atom. The van der Waals surface area contributed by atoms with Crippen LogP contribution < -0.4 is 19.5 Å². The van der Waals surface area contributed by atoms with Gasteiger partial charge in [-0.3, -0.25) is 20.0 Å². The summed E-state index contributed by atoms with van der Waals surface area (Å²) in [6, 6.07) is 9.39. The van der Waals surface area contributed by atoms with Gasteiger partial charge in [-0.15, -0.1) is 0 Å². The third-order valence-electron chi connectivity index (χ3n) is 7.68. The number of likely N-dealkylation sites (N-methyl/N-ethyl adjacent to an activating group) is 1. The summed E-state index contributed by atoms with van der Waals surface area (Å²) in [5.41, 5.74) is 1.14. The predicted octanol–water partition coefficient (Wildman–Crippen LogP) is 3.84. The maximum Gasteiger partial charge on any atom is 0.416 e. The fourth-order valence-corrected chi connectivity index (χ4v) is 5.37. The summed E-state index contributed by atoms with van der Waals surface area (Å²) in [7, 11) is 6.91.